The molecule has 11 heavy (non-hydrogen) atoms. The van der Waals surface area contributed by atoms with E-state index in [2.05, 4.69) is 0 Å². The Bertz CT molecular complexity index is 134. The summed E-state index contributed by atoms with van der Waals surface area (Å²) in [6.07, 6.45) is 0.829. The van der Waals surface area contributed by atoms with Gasteiger partial charge in [-0.2, -0.15) is 0 Å². The average Bonchev–Trinajstić information content (AvgIpc) is 1.85. The van der Waals surface area contributed by atoms with Gasteiger partial charge >= 0.3 is 81.7 Å². The molecule has 0 atom stereocenters. The van der Waals surface area contributed by atoms with Crippen molar-refractivity contribution in [3.8, 4) is 0 Å². The summed E-state index contributed by atoms with van der Waals surface area (Å²) in [6, 6.07) is 0. The molecule has 0 saturated heterocycles. The van der Waals surface area contributed by atoms with E-state index in [1.807, 2.05) is 0 Å². The van der Waals surface area contributed by atoms with Crippen molar-refractivity contribution in [1.82, 2.24) is 0 Å². The van der Waals surface area contributed by atoms with E-state index in [0.717, 1.165) is 10.6 Å². The molecule has 2 nitrogen and oxygen atoms in total. The first-order chi connectivity index (χ1) is 5.13. The van der Waals surface area contributed by atoms with Crippen LogP contribution in [0.25, 0.3) is 0 Å². The molecular formula is C6H8Cl2O2Se. The summed E-state index contributed by atoms with van der Waals surface area (Å²) in [5.74, 6) is 0. The van der Waals surface area contributed by atoms with Gasteiger partial charge in [0.15, 0.2) is 0 Å². The molecule has 0 unspecified atom stereocenters. The maximum absolute atomic E-state index is 10.2. The SMILES string of the molecule is O=C(Cl)CC[Se]CCC(=O)Cl. The minimum atomic E-state index is -0.302. The molecule has 0 aliphatic carbocycles. The molecule has 0 aliphatic rings. The molecule has 0 rings (SSSR count). The third-order valence-electron chi connectivity index (χ3n) is 0.886. The maximum atomic E-state index is 10.2. The second kappa shape index (κ2) is 7.11. The van der Waals surface area contributed by atoms with Gasteiger partial charge in [0.05, 0.1) is 0 Å². The first kappa shape index (κ1) is 11.4. The standard InChI is InChI=1S/C6H8Cl2O2Se/c7-5(9)1-3-11-4-2-6(8)10/h1-4H2. The molecule has 0 fully saturated rings. The molecule has 0 saturated carbocycles. The Labute approximate surface area is 81.8 Å². The molecule has 0 aromatic carbocycles. The van der Waals surface area contributed by atoms with E-state index in [1.165, 1.54) is 0 Å². The fourth-order valence-corrected chi connectivity index (χ4v) is 2.92. The van der Waals surface area contributed by atoms with Crippen LogP contribution in [0.5, 0.6) is 0 Å². The van der Waals surface area contributed by atoms with E-state index >= 15 is 0 Å². The summed E-state index contributed by atoms with van der Waals surface area (Å²) >= 11 is 10.5. The van der Waals surface area contributed by atoms with Crippen LogP contribution >= 0.6 is 23.2 Å². The number of hydrogen-bond acceptors (Lipinski definition) is 2. The average molecular weight is 262 g/mol. The van der Waals surface area contributed by atoms with Crippen LogP contribution in [0, 0.1) is 0 Å². The summed E-state index contributed by atoms with van der Waals surface area (Å²) in [5, 5.41) is 1.01. The Morgan fingerprint density at radius 1 is 1.00 bits per heavy atom. The van der Waals surface area contributed by atoms with Crippen LogP contribution in [0.4, 0.5) is 0 Å². The van der Waals surface area contributed by atoms with E-state index < -0.39 is 0 Å². The van der Waals surface area contributed by atoms with Gasteiger partial charge in [0.2, 0.25) is 0 Å². The fraction of sp³-hybridized carbons (Fsp3) is 0.667. The molecule has 0 aliphatic heterocycles. The zero-order valence-corrected chi connectivity index (χ0v) is 9.03. The Morgan fingerprint density at radius 3 is 1.64 bits per heavy atom. The van der Waals surface area contributed by atoms with Crippen LogP contribution in [-0.2, 0) is 9.59 Å². The van der Waals surface area contributed by atoms with Gasteiger partial charge in [-0.1, -0.05) is 0 Å². The Kier molecular flexibility index (Phi) is 7.39. The number of carbonyl (C=O) groups excluding carboxylic acids is 2. The van der Waals surface area contributed by atoms with Crippen molar-refractivity contribution in [2.24, 2.45) is 0 Å². The van der Waals surface area contributed by atoms with Crippen LogP contribution in [0.2, 0.25) is 10.6 Å². The summed E-state index contributed by atoms with van der Waals surface area (Å²) < 4.78 is 0. The van der Waals surface area contributed by atoms with E-state index in [1.54, 1.807) is 0 Å². The van der Waals surface area contributed by atoms with Gasteiger partial charge in [0, 0.05) is 0 Å². The van der Waals surface area contributed by atoms with E-state index in [9.17, 15) is 9.59 Å². The van der Waals surface area contributed by atoms with Gasteiger partial charge in [-0.15, -0.1) is 0 Å². The van der Waals surface area contributed by atoms with Gasteiger partial charge in [-0.05, 0) is 0 Å². The first-order valence-electron chi connectivity index (χ1n) is 3.07. The molecule has 0 spiro atoms. The minimum absolute atomic E-state index is 0.302. The number of carbonyl (C=O) groups is 2. The third kappa shape index (κ3) is 10.4. The van der Waals surface area contributed by atoms with Crippen LogP contribution in [0.1, 0.15) is 12.8 Å². The molecule has 0 radical (unpaired) electrons. The zero-order chi connectivity index (χ0) is 8.69. The molecular weight excluding hydrogens is 254 g/mol. The normalized spacial score (nSPS) is 9.64. The fourth-order valence-electron chi connectivity index (χ4n) is 0.407. The summed E-state index contributed by atoms with van der Waals surface area (Å²) in [5.41, 5.74) is 0. The first-order valence-corrected chi connectivity index (χ1v) is 6.25. The topological polar surface area (TPSA) is 34.1 Å². The van der Waals surface area contributed by atoms with Gasteiger partial charge in [-0.3, -0.25) is 0 Å². The van der Waals surface area contributed by atoms with Crippen molar-refractivity contribution in [2.45, 2.75) is 23.5 Å². The predicted molar refractivity (Wildman–Crippen MR) is 46.3 cm³/mol. The Morgan fingerprint density at radius 2 is 1.36 bits per heavy atom. The van der Waals surface area contributed by atoms with Crippen molar-refractivity contribution in [1.29, 1.82) is 0 Å². The van der Waals surface area contributed by atoms with Crippen LogP contribution in [0.15, 0.2) is 0 Å². The number of hydrogen-bond donors (Lipinski definition) is 0. The molecule has 0 amide bonds. The van der Waals surface area contributed by atoms with Gasteiger partial charge < -0.3 is 0 Å². The second-order valence-electron chi connectivity index (χ2n) is 1.82. The van der Waals surface area contributed by atoms with Crippen molar-refractivity contribution in [3.63, 3.8) is 0 Å². The molecule has 0 aromatic rings. The molecule has 0 N–H and O–H groups in total. The van der Waals surface area contributed by atoms with E-state index in [4.69, 9.17) is 23.2 Å². The van der Waals surface area contributed by atoms with Crippen molar-refractivity contribution in [2.75, 3.05) is 0 Å². The quantitative estimate of drug-likeness (QED) is 0.416. The van der Waals surface area contributed by atoms with Crippen molar-refractivity contribution >= 4 is 48.6 Å². The number of rotatable bonds is 6. The van der Waals surface area contributed by atoms with Gasteiger partial charge in [0.25, 0.3) is 0 Å². The van der Waals surface area contributed by atoms with Crippen molar-refractivity contribution in [3.05, 3.63) is 0 Å². The molecule has 5 heteroatoms. The van der Waals surface area contributed by atoms with Gasteiger partial charge in [-0.25, -0.2) is 0 Å². The predicted octanol–water partition coefficient (Wildman–Crippen LogP) is 1.84. The molecule has 0 bridgehead atoms. The number of halogens is 2. The van der Waals surface area contributed by atoms with Gasteiger partial charge in [0.1, 0.15) is 0 Å². The monoisotopic (exact) mass is 262 g/mol. The van der Waals surface area contributed by atoms with Crippen LogP contribution in [-0.4, -0.2) is 25.4 Å². The third-order valence-corrected chi connectivity index (χ3v) is 3.33. The molecule has 64 valence electrons. The molecule has 0 aromatic heterocycles. The Balaban J connectivity index is 3.03. The molecule has 0 heterocycles. The second-order valence-corrected chi connectivity index (χ2v) is 5.24. The Hall–Kier alpha value is 0.439. The van der Waals surface area contributed by atoms with Crippen LogP contribution < -0.4 is 0 Å². The zero-order valence-electron chi connectivity index (χ0n) is 5.81. The summed E-state index contributed by atoms with van der Waals surface area (Å²) in [4.78, 5) is 20.4. The van der Waals surface area contributed by atoms with Crippen LogP contribution in [0.3, 0.4) is 0 Å². The van der Waals surface area contributed by atoms with E-state index in [-0.39, 0.29) is 10.5 Å². The van der Waals surface area contributed by atoms with Crippen molar-refractivity contribution < 1.29 is 9.59 Å². The summed E-state index contributed by atoms with van der Waals surface area (Å²) in [6.45, 7) is 0. The van der Waals surface area contributed by atoms with E-state index in [0.29, 0.717) is 27.8 Å². The summed E-state index contributed by atoms with van der Waals surface area (Å²) in [7, 11) is 0.